The summed E-state index contributed by atoms with van der Waals surface area (Å²) in [6.07, 6.45) is -3.03. The number of hydrogen-bond acceptors (Lipinski definition) is 4. The second kappa shape index (κ2) is 6.17. The second-order valence-corrected chi connectivity index (χ2v) is 5.06. The molecule has 0 saturated carbocycles. The molecule has 1 aliphatic heterocycles. The summed E-state index contributed by atoms with van der Waals surface area (Å²) in [4.78, 5) is 11.7. The minimum atomic E-state index is -4.48. The highest BCUT2D eigenvalue weighted by molar-refractivity contribution is 6.06. The van der Waals surface area contributed by atoms with Crippen LogP contribution in [0.5, 0.6) is 0 Å². The first kappa shape index (κ1) is 16.0. The fourth-order valence-corrected chi connectivity index (χ4v) is 2.21. The number of hydrogen-bond donors (Lipinski definition) is 1. The predicted octanol–water partition coefficient (Wildman–Crippen LogP) is 2.11. The van der Waals surface area contributed by atoms with E-state index in [1.807, 2.05) is 0 Å². The summed E-state index contributed by atoms with van der Waals surface area (Å²) in [6, 6.07) is 6.89. The molecule has 0 saturated heterocycles. The highest BCUT2D eigenvalue weighted by Crippen LogP contribution is 2.24. The molecule has 1 aromatic rings. The van der Waals surface area contributed by atoms with Gasteiger partial charge in [-0.3, -0.25) is 4.79 Å². The van der Waals surface area contributed by atoms with Gasteiger partial charge in [-0.05, 0) is 11.1 Å². The predicted molar refractivity (Wildman–Crippen MR) is 76.3 cm³/mol. The van der Waals surface area contributed by atoms with Gasteiger partial charge in [-0.1, -0.05) is 31.2 Å². The lowest BCUT2D eigenvalue weighted by molar-refractivity contribution is -0.162. The molecule has 118 valence electrons. The SMILES string of the molecule is CC1CC(=O)N(CC(F)(F)F)N=C1c1ccc(C=NN)cc1. The van der Waals surface area contributed by atoms with Crippen LogP contribution >= 0.6 is 0 Å². The van der Waals surface area contributed by atoms with E-state index in [1.165, 1.54) is 6.21 Å². The number of carbonyl (C=O) groups is 1. The number of alkyl halides is 3. The minimum absolute atomic E-state index is 0.000916. The third-order valence-corrected chi connectivity index (χ3v) is 3.22. The average Bonchev–Trinajstić information content (AvgIpc) is 2.42. The van der Waals surface area contributed by atoms with Crippen molar-refractivity contribution in [2.45, 2.75) is 19.5 Å². The second-order valence-electron chi connectivity index (χ2n) is 5.06. The molecule has 2 rings (SSSR count). The number of carbonyl (C=O) groups excluding carboxylic acids is 1. The summed E-state index contributed by atoms with van der Waals surface area (Å²) in [5.74, 6) is 4.18. The molecule has 1 unspecified atom stereocenters. The van der Waals surface area contributed by atoms with E-state index < -0.39 is 18.6 Å². The topological polar surface area (TPSA) is 71.0 Å². The van der Waals surface area contributed by atoms with Gasteiger partial charge in [0.05, 0.1) is 11.9 Å². The first-order chi connectivity index (χ1) is 10.3. The van der Waals surface area contributed by atoms with E-state index in [0.717, 1.165) is 5.56 Å². The summed E-state index contributed by atoms with van der Waals surface area (Å²) in [5, 5.41) is 7.78. The molecule has 0 aromatic heterocycles. The van der Waals surface area contributed by atoms with Crippen LogP contribution in [-0.2, 0) is 4.79 Å². The monoisotopic (exact) mass is 312 g/mol. The molecule has 2 N–H and O–H groups in total. The molecule has 0 spiro atoms. The smallest absolute Gasteiger partial charge is 0.323 e. The molecule has 22 heavy (non-hydrogen) atoms. The van der Waals surface area contributed by atoms with Crippen LogP contribution in [0.3, 0.4) is 0 Å². The molecule has 0 radical (unpaired) electrons. The third kappa shape index (κ3) is 3.84. The van der Waals surface area contributed by atoms with E-state index in [-0.39, 0.29) is 12.3 Å². The van der Waals surface area contributed by atoms with Gasteiger partial charge in [-0.2, -0.15) is 23.4 Å². The Hall–Kier alpha value is -2.38. The highest BCUT2D eigenvalue weighted by Gasteiger charge is 2.36. The summed E-state index contributed by atoms with van der Waals surface area (Å²) < 4.78 is 37.5. The van der Waals surface area contributed by atoms with Crippen LogP contribution in [0, 0.1) is 5.92 Å². The fourth-order valence-electron chi connectivity index (χ4n) is 2.21. The molecule has 5 nitrogen and oxygen atoms in total. The summed E-state index contributed by atoms with van der Waals surface area (Å²) in [5.41, 5.74) is 1.89. The van der Waals surface area contributed by atoms with E-state index in [9.17, 15) is 18.0 Å². The molecular weight excluding hydrogens is 297 g/mol. The number of nitrogens with two attached hydrogens (primary N) is 1. The molecular formula is C14H15F3N4O. The summed E-state index contributed by atoms with van der Waals surface area (Å²) in [7, 11) is 0. The molecule has 0 fully saturated rings. The van der Waals surface area contributed by atoms with Gasteiger partial charge in [0.2, 0.25) is 5.91 Å². The highest BCUT2D eigenvalue weighted by atomic mass is 19.4. The Morgan fingerprint density at radius 2 is 2.05 bits per heavy atom. The molecule has 1 aliphatic rings. The largest absolute Gasteiger partial charge is 0.408 e. The molecule has 1 atom stereocenters. The zero-order valence-electron chi connectivity index (χ0n) is 11.8. The zero-order chi connectivity index (χ0) is 16.3. The number of rotatable bonds is 3. The maximum atomic E-state index is 12.5. The number of halogens is 3. The fraction of sp³-hybridized carbons (Fsp3) is 0.357. The lowest BCUT2D eigenvalue weighted by atomic mass is 9.93. The normalized spacial score (nSPS) is 19.6. The van der Waals surface area contributed by atoms with Gasteiger partial charge in [-0.15, -0.1) is 0 Å². The zero-order valence-corrected chi connectivity index (χ0v) is 11.8. The molecule has 1 amide bonds. The molecule has 0 bridgehead atoms. The van der Waals surface area contributed by atoms with Gasteiger partial charge < -0.3 is 5.84 Å². The molecule has 0 aliphatic carbocycles. The number of amides is 1. The van der Waals surface area contributed by atoms with E-state index >= 15 is 0 Å². The Bertz CT molecular complexity index is 608. The van der Waals surface area contributed by atoms with Crippen molar-refractivity contribution in [2.24, 2.45) is 22.0 Å². The van der Waals surface area contributed by atoms with Gasteiger partial charge in [0.15, 0.2) is 0 Å². The number of nitrogens with zero attached hydrogens (tertiary/aromatic N) is 3. The van der Waals surface area contributed by atoms with E-state index in [0.29, 0.717) is 16.3 Å². The lowest BCUT2D eigenvalue weighted by Gasteiger charge is -2.28. The van der Waals surface area contributed by atoms with Crippen LogP contribution in [0.4, 0.5) is 13.2 Å². The van der Waals surface area contributed by atoms with Crippen LogP contribution in [-0.4, -0.2) is 35.6 Å². The van der Waals surface area contributed by atoms with Crippen molar-refractivity contribution in [3.8, 4) is 0 Å². The van der Waals surface area contributed by atoms with E-state index in [1.54, 1.807) is 31.2 Å². The van der Waals surface area contributed by atoms with Crippen molar-refractivity contribution in [3.63, 3.8) is 0 Å². The Balaban J connectivity index is 2.30. The van der Waals surface area contributed by atoms with Crippen LogP contribution in [0.1, 0.15) is 24.5 Å². The summed E-state index contributed by atoms with van der Waals surface area (Å²) >= 11 is 0. The van der Waals surface area contributed by atoms with Crippen molar-refractivity contribution in [3.05, 3.63) is 35.4 Å². The van der Waals surface area contributed by atoms with E-state index in [4.69, 9.17) is 5.84 Å². The first-order valence-corrected chi connectivity index (χ1v) is 6.59. The maximum absolute atomic E-state index is 12.5. The van der Waals surface area contributed by atoms with Gasteiger partial charge in [0, 0.05) is 12.3 Å². The van der Waals surface area contributed by atoms with Crippen molar-refractivity contribution < 1.29 is 18.0 Å². The first-order valence-electron chi connectivity index (χ1n) is 6.59. The van der Waals surface area contributed by atoms with Crippen molar-refractivity contribution in [1.82, 2.24) is 5.01 Å². The standard InChI is InChI=1S/C14H15F3N4O/c1-9-6-12(22)21(8-14(15,16)17)20-13(9)11-4-2-10(3-5-11)7-19-18/h2-5,7,9H,6,8,18H2,1H3. The Kier molecular flexibility index (Phi) is 4.48. The van der Waals surface area contributed by atoms with Crippen LogP contribution in [0.2, 0.25) is 0 Å². The number of hydrazone groups is 2. The summed E-state index contributed by atoms with van der Waals surface area (Å²) in [6.45, 7) is 0.386. The van der Waals surface area contributed by atoms with E-state index in [2.05, 4.69) is 10.2 Å². The molecule has 8 heteroatoms. The van der Waals surface area contributed by atoms with Crippen molar-refractivity contribution in [1.29, 1.82) is 0 Å². The quantitative estimate of drug-likeness (QED) is 0.527. The van der Waals surface area contributed by atoms with Crippen molar-refractivity contribution in [2.75, 3.05) is 6.54 Å². The van der Waals surface area contributed by atoms with Crippen LogP contribution < -0.4 is 5.84 Å². The Morgan fingerprint density at radius 1 is 1.41 bits per heavy atom. The number of benzene rings is 1. The average molecular weight is 312 g/mol. The Morgan fingerprint density at radius 3 is 2.59 bits per heavy atom. The van der Waals surface area contributed by atoms with Gasteiger partial charge in [0.1, 0.15) is 6.54 Å². The Labute approximate surface area is 125 Å². The maximum Gasteiger partial charge on any atom is 0.408 e. The lowest BCUT2D eigenvalue weighted by Crippen LogP contribution is -2.41. The molecule has 1 aromatic carbocycles. The van der Waals surface area contributed by atoms with Crippen LogP contribution in [0.15, 0.2) is 34.5 Å². The van der Waals surface area contributed by atoms with Crippen molar-refractivity contribution >= 4 is 17.8 Å². The third-order valence-electron chi connectivity index (χ3n) is 3.22. The minimum Gasteiger partial charge on any atom is -0.323 e. The van der Waals surface area contributed by atoms with Crippen LogP contribution in [0.25, 0.3) is 0 Å². The van der Waals surface area contributed by atoms with Gasteiger partial charge >= 0.3 is 6.18 Å². The molecule has 1 heterocycles. The van der Waals surface area contributed by atoms with Gasteiger partial charge in [-0.25, -0.2) is 5.01 Å². The van der Waals surface area contributed by atoms with Gasteiger partial charge in [0.25, 0.3) is 0 Å².